The van der Waals surface area contributed by atoms with Crippen molar-refractivity contribution in [3.05, 3.63) is 60.2 Å². The molecule has 2 aromatic rings. The van der Waals surface area contributed by atoms with Crippen molar-refractivity contribution < 1.29 is 5.11 Å². The van der Waals surface area contributed by atoms with Gasteiger partial charge in [0.2, 0.25) is 0 Å². The van der Waals surface area contributed by atoms with Gasteiger partial charge in [-0.05, 0) is 41.4 Å². The molecule has 1 aliphatic carbocycles. The Morgan fingerprint density at radius 2 is 1.47 bits per heavy atom. The molecular weight excluding hydrogens is 232 g/mol. The summed E-state index contributed by atoms with van der Waals surface area (Å²) in [7, 11) is 0. The summed E-state index contributed by atoms with van der Waals surface area (Å²) in [4.78, 5) is 0. The molecule has 19 heavy (non-hydrogen) atoms. The lowest BCUT2D eigenvalue weighted by Gasteiger charge is -2.18. The van der Waals surface area contributed by atoms with E-state index in [1.54, 1.807) is 0 Å². The summed E-state index contributed by atoms with van der Waals surface area (Å²) < 4.78 is 0. The van der Waals surface area contributed by atoms with Crippen LogP contribution in [-0.4, -0.2) is 11.2 Å². The average molecular weight is 252 g/mol. The zero-order valence-electron chi connectivity index (χ0n) is 11.3. The number of benzene rings is 2. The normalized spacial score (nSPS) is 26.5. The molecular formula is C18H20O. The second-order valence-electron chi connectivity index (χ2n) is 5.60. The molecule has 1 N–H and O–H groups in total. The van der Waals surface area contributed by atoms with Crippen molar-refractivity contribution >= 4 is 0 Å². The van der Waals surface area contributed by atoms with Crippen LogP contribution < -0.4 is 0 Å². The minimum absolute atomic E-state index is 0.126. The molecule has 0 aromatic heterocycles. The van der Waals surface area contributed by atoms with E-state index in [4.69, 9.17) is 0 Å². The monoisotopic (exact) mass is 252 g/mol. The van der Waals surface area contributed by atoms with E-state index in [1.807, 2.05) is 6.07 Å². The number of aliphatic hydroxyl groups excluding tert-OH is 1. The molecule has 1 saturated carbocycles. The van der Waals surface area contributed by atoms with E-state index in [0.29, 0.717) is 11.8 Å². The van der Waals surface area contributed by atoms with Gasteiger partial charge in [0.25, 0.3) is 0 Å². The first kappa shape index (κ1) is 12.4. The number of aliphatic hydroxyl groups is 1. The van der Waals surface area contributed by atoms with Gasteiger partial charge in [-0.1, -0.05) is 61.5 Å². The number of rotatable bonds is 2. The Labute approximate surface area is 114 Å². The van der Waals surface area contributed by atoms with Crippen molar-refractivity contribution in [2.24, 2.45) is 5.92 Å². The summed E-state index contributed by atoms with van der Waals surface area (Å²) in [5.41, 5.74) is 3.88. The molecule has 3 unspecified atom stereocenters. The van der Waals surface area contributed by atoms with E-state index in [-0.39, 0.29) is 6.10 Å². The van der Waals surface area contributed by atoms with Crippen molar-refractivity contribution in [1.29, 1.82) is 0 Å². The summed E-state index contributed by atoms with van der Waals surface area (Å²) >= 11 is 0. The average Bonchev–Trinajstić information content (AvgIpc) is 2.80. The van der Waals surface area contributed by atoms with Crippen molar-refractivity contribution in [3.63, 3.8) is 0 Å². The molecule has 0 radical (unpaired) electrons. The Morgan fingerprint density at radius 1 is 0.842 bits per heavy atom. The molecule has 0 bridgehead atoms. The molecule has 2 aromatic carbocycles. The molecule has 3 atom stereocenters. The van der Waals surface area contributed by atoms with E-state index in [1.165, 1.54) is 16.7 Å². The lowest BCUT2D eigenvalue weighted by molar-refractivity contribution is 0.136. The molecule has 1 heteroatoms. The maximum Gasteiger partial charge on any atom is 0.0571 e. The van der Waals surface area contributed by atoms with Crippen LogP contribution in [0.25, 0.3) is 11.1 Å². The van der Waals surface area contributed by atoms with Gasteiger partial charge in [0, 0.05) is 0 Å². The fourth-order valence-electron chi connectivity index (χ4n) is 3.17. The second-order valence-corrected chi connectivity index (χ2v) is 5.60. The molecule has 1 aliphatic rings. The zero-order chi connectivity index (χ0) is 13.2. The highest BCUT2D eigenvalue weighted by atomic mass is 16.3. The van der Waals surface area contributed by atoms with Crippen molar-refractivity contribution in [2.45, 2.75) is 31.8 Å². The lowest BCUT2D eigenvalue weighted by atomic mass is 9.88. The Balaban J connectivity index is 1.84. The first-order valence-corrected chi connectivity index (χ1v) is 7.09. The lowest BCUT2D eigenvalue weighted by Crippen LogP contribution is -2.13. The summed E-state index contributed by atoms with van der Waals surface area (Å²) in [6, 6.07) is 19.3. The van der Waals surface area contributed by atoms with Crippen LogP contribution in [0.2, 0.25) is 0 Å². The zero-order valence-corrected chi connectivity index (χ0v) is 11.3. The first-order valence-electron chi connectivity index (χ1n) is 7.09. The van der Waals surface area contributed by atoms with Crippen LogP contribution in [0.3, 0.4) is 0 Å². The molecule has 0 heterocycles. The van der Waals surface area contributed by atoms with E-state index in [0.717, 1.165) is 12.8 Å². The third-order valence-corrected chi connectivity index (χ3v) is 4.46. The van der Waals surface area contributed by atoms with Gasteiger partial charge in [-0.15, -0.1) is 0 Å². The molecule has 0 saturated heterocycles. The van der Waals surface area contributed by atoms with Crippen LogP contribution >= 0.6 is 0 Å². The predicted octanol–water partition coefficient (Wildman–Crippen LogP) is 4.23. The van der Waals surface area contributed by atoms with E-state index >= 15 is 0 Å². The Bertz CT molecular complexity index is 529. The Hall–Kier alpha value is -1.60. The molecule has 0 aliphatic heterocycles. The minimum Gasteiger partial charge on any atom is -0.393 e. The van der Waals surface area contributed by atoms with Gasteiger partial charge in [-0.2, -0.15) is 0 Å². The van der Waals surface area contributed by atoms with Crippen LogP contribution in [-0.2, 0) is 0 Å². The maximum atomic E-state index is 9.86. The number of hydrogen-bond donors (Lipinski definition) is 1. The summed E-state index contributed by atoms with van der Waals surface area (Å²) in [6.07, 6.45) is 1.91. The van der Waals surface area contributed by atoms with Gasteiger partial charge in [0.15, 0.2) is 0 Å². The number of hydrogen-bond acceptors (Lipinski definition) is 1. The Morgan fingerprint density at radius 3 is 2.05 bits per heavy atom. The van der Waals surface area contributed by atoms with Crippen LogP contribution in [0.15, 0.2) is 54.6 Å². The van der Waals surface area contributed by atoms with Gasteiger partial charge in [-0.3, -0.25) is 0 Å². The van der Waals surface area contributed by atoms with Gasteiger partial charge in [-0.25, -0.2) is 0 Å². The van der Waals surface area contributed by atoms with E-state index < -0.39 is 0 Å². The molecule has 0 spiro atoms. The summed E-state index contributed by atoms with van der Waals surface area (Å²) in [5.74, 6) is 0.891. The quantitative estimate of drug-likeness (QED) is 0.848. The van der Waals surface area contributed by atoms with Crippen molar-refractivity contribution in [2.75, 3.05) is 0 Å². The minimum atomic E-state index is -0.126. The summed E-state index contributed by atoms with van der Waals surface area (Å²) in [5, 5.41) is 9.86. The molecule has 0 amide bonds. The van der Waals surface area contributed by atoms with Crippen molar-refractivity contribution in [3.8, 4) is 11.1 Å². The Kier molecular flexibility index (Phi) is 3.39. The molecule has 1 nitrogen and oxygen atoms in total. The second kappa shape index (κ2) is 5.18. The largest absolute Gasteiger partial charge is 0.393 e. The van der Waals surface area contributed by atoms with Gasteiger partial charge in [0.05, 0.1) is 6.10 Å². The standard InChI is InChI=1S/C18H20O/c1-13-17(11-12-18(13)19)16-9-7-15(8-10-16)14-5-3-2-4-6-14/h2-10,13,17-19H,11-12H2,1H3. The van der Waals surface area contributed by atoms with Gasteiger partial charge < -0.3 is 5.11 Å². The van der Waals surface area contributed by atoms with Gasteiger partial charge in [0.1, 0.15) is 0 Å². The fraction of sp³-hybridized carbons (Fsp3) is 0.333. The maximum absolute atomic E-state index is 9.86. The SMILES string of the molecule is CC1C(O)CCC1c1ccc(-c2ccccc2)cc1. The van der Waals surface area contributed by atoms with E-state index in [9.17, 15) is 5.11 Å². The highest BCUT2D eigenvalue weighted by molar-refractivity contribution is 5.63. The summed E-state index contributed by atoms with van der Waals surface area (Å²) in [6.45, 7) is 2.16. The fourth-order valence-corrected chi connectivity index (χ4v) is 3.17. The highest BCUT2D eigenvalue weighted by Gasteiger charge is 2.32. The van der Waals surface area contributed by atoms with Crippen LogP contribution in [0, 0.1) is 5.92 Å². The third-order valence-electron chi connectivity index (χ3n) is 4.46. The third kappa shape index (κ3) is 2.43. The molecule has 1 fully saturated rings. The van der Waals surface area contributed by atoms with Crippen LogP contribution in [0.4, 0.5) is 0 Å². The first-order chi connectivity index (χ1) is 9.25. The van der Waals surface area contributed by atoms with E-state index in [2.05, 4.69) is 55.5 Å². The van der Waals surface area contributed by atoms with Crippen LogP contribution in [0.1, 0.15) is 31.2 Å². The van der Waals surface area contributed by atoms with Gasteiger partial charge >= 0.3 is 0 Å². The highest BCUT2D eigenvalue weighted by Crippen LogP contribution is 2.39. The topological polar surface area (TPSA) is 20.2 Å². The van der Waals surface area contributed by atoms with Crippen LogP contribution in [0.5, 0.6) is 0 Å². The smallest absolute Gasteiger partial charge is 0.0571 e. The molecule has 3 rings (SSSR count). The predicted molar refractivity (Wildman–Crippen MR) is 79.0 cm³/mol. The molecule has 98 valence electrons. The van der Waals surface area contributed by atoms with Crippen molar-refractivity contribution in [1.82, 2.24) is 0 Å².